The first-order valence-electron chi connectivity index (χ1n) is 10.1. The van der Waals surface area contributed by atoms with Gasteiger partial charge in [-0.25, -0.2) is 0 Å². The molecule has 0 radical (unpaired) electrons. The molecule has 0 bridgehead atoms. The van der Waals surface area contributed by atoms with Crippen LogP contribution in [-0.4, -0.2) is 29.0 Å². The molecule has 0 aliphatic carbocycles. The van der Waals surface area contributed by atoms with Gasteiger partial charge in [-0.15, -0.1) is 0 Å². The van der Waals surface area contributed by atoms with Crippen LogP contribution in [0.3, 0.4) is 0 Å². The van der Waals surface area contributed by atoms with E-state index in [0.29, 0.717) is 33.7 Å². The number of carbonyl (C=O) groups excluding carboxylic acids is 2. The Kier molecular flexibility index (Phi) is 5.59. The summed E-state index contributed by atoms with van der Waals surface area (Å²) in [4.78, 5) is 27.6. The lowest BCUT2D eigenvalue weighted by Gasteiger charge is -2.25. The highest BCUT2D eigenvalue weighted by molar-refractivity contribution is 6.51. The maximum atomic E-state index is 13.2. The number of aliphatic hydroxyl groups excluding tert-OH is 1. The molecule has 7 nitrogen and oxygen atoms in total. The van der Waals surface area contributed by atoms with Gasteiger partial charge in [-0.2, -0.15) is 5.26 Å². The third kappa shape index (κ3) is 3.79. The summed E-state index contributed by atoms with van der Waals surface area (Å²) in [5.41, 5.74) is 2.34. The van der Waals surface area contributed by atoms with Gasteiger partial charge in [0.05, 0.1) is 30.4 Å². The molecule has 3 aromatic rings. The van der Waals surface area contributed by atoms with Gasteiger partial charge in [0.2, 0.25) is 0 Å². The highest BCUT2D eigenvalue weighted by Gasteiger charge is 2.47. The van der Waals surface area contributed by atoms with Crippen molar-refractivity contribution in [3.8, 4) is 17.6 Å². The molecular formula is C26H20N2O5. The number of hydrogen-bond donors (Lipinski definition) is 2. The molecule has 3 aromatic carbocycles. The summed E-state index contributed by atoms with van der Waals surface area (Å²) in [6, 6.07) is 18.5. The molecule has 1 aliphatic heterocycles. The Bertz CT molecular complexity index is 1320. The molecule has 1 saturated heterocycles. The molecule has 33 heavy (non-hydrogen) atoms. The fourth-order valence-corrected chi connectivity index (χ4v) is 3.94. The predicted octanol–water partition coefficient (Wildman–Crippen LogP) is 4.21. The monoisotopic (exact) mass is 440 g/mol. The first-order chi connectivity index (χ1) is 15.8. The number of phenolic OH excluding ortho intramolecular Hbond substituents is 1. The summed E-state index contributed by atoms with van der Waals surface area (Å²) in [7, 11) is 1.53. The number of amides is 1. The summed E-state index contributed by atoms with van der Waals surface area (Å²) >= 11 is 0. The lowest BCUT2D eigenvalue weighted by atomic mass is 9.93. The van der Waals surface area contributed by atoms with Gasteiger partial charge in [0, 0.05) is 11.3 Å². The number of Topliss-reactive ketones (excluding diaryl/α,β-unsaturated/α-hetero) is 1. The summed E-state index contributed by atoms with van der Waals surface area (Å²) in [6.45, 7) is 1.77. The van der Waals surface area contributed by atoms with Crippen molar-refractivity contribution >= 4 is 23.1 Å². The maximum absolute atomic E-state index is 13.2. The zero-order valence-electron chi connectivity index (χ0n) is 17.9. The van der Waals surface area contributed by atoms with Gasteiger partial charge in [0.25, 0.3) is 11.7 Å². The summed E-state index contributed by atoms with van der Waals surface area (Å²) in [5.74, 6) is -1.31. The van der Waals surface area contributed by atoms with Crippen LogP contribution < -0.4 is 9.64 Å². The van der Waals surface area contributed by atoms with E-state index in [9.17, 15) is 19.8 Å². The highest BCUT2D eigenvalue weighted by atomic mass is 16.5. The molecular weight excluding hydrogens is 420 g/mol. The molecule has 7 heteroatoms. The Morgan fingerprint density at radius 1 is 1.03 bits per heavy atom. The smallest absolute Gasteiger partial charge is 0.300 e. The lowest BCUT2D eigenvalue weighted by molar-refractivity contribution is -0.132. The van der Waals surface area contributed by atoms with Crippen LogP contribution in [0.15, 0.2) is 72.3 Å². The fourth-order valence-electron chi connectivity index (χ4n) is 3.94. The second kappa shape index (κ2) is 8.52. The Morgan fingerprint density at radius 3 is 2.27 bits per heavy atom. The SMILES string of the molecule is COc1ccc(/C(O)=C2/C(=O)C(=O)N(c3ccc(C#N)cc3)C2c2ccc(O)cc2)c(C)c1. The van der Waals surface area contributed by atoms with Crippen molar-refractivity contribution in [2.45, 2.75) is 13.0 Å². The van der Waals surface area contributed by atoms with Crippen molar-refractivity contribution in [2.24, 2.45) is 0 Å². The predicted molar refractivity (Wildman–Crippen MR) is 122 cm³/mol. The number of aliphatic hydroxyl groups is 1. The van der Waals surface area contributed by atoms with Crippen molar-refractivity contribution in [3.05, 3.63) is 94.6 Å². The number of ether oxygens (including phenoxy) is 1. The summed E-state index contributed by atoms with van der Waals surface area (Å²) in [6.07, 6.45) is 0. The van der Waals surface area contributed by atoms with Gasteiger partial charge < -0.3 is 14.9 Å². The second-order valence-corrected chi connectivity index (χ2v) is 7.60. The van der Waals surface area contributed by atoms with Crippen LogP contribution >= 0.6 is 0 Å². The average molecular weight is 440 g/mol. The fraction of sp³-hybridized carbons (Fsp3) is 0.115. The summed E-state index contributed by atoms with van der Waals surface area (Å²) in [5, 5.41) is 30.1. The number of anilines is 1. The van der Waals surface area contributed by atoms with Crippen LogP contribution in [0.25, 0.3) is 5.76 Å². The van der Waals surface area contributed by atoms with Crippen LogP contribution in [0.5, 0.6) is 11.5 Å². The van der Waals surface area contributed by atoms with E-state index in [1.165, 1.54) is 24.1 Å². The van der Waals surface area contributed by atoms with E-state index in [4.69, 9.17) is 10.00 Å². The van der Waals surface area contributed by atoms with Gasteiger partial charge in [0.15, 0.2) is 0 Å². The van der Waals surface area contributed by atoms with Gasteiger partial charge in [0.1, 0.15) is 17.3 Å². The Balaban J connectivity index is 1.93. The Hall–Kier alpha value is -4.57. The first-order valence-corrected chi connectivity index (χ1v) is 10.1. The Labute approximate surface area is 190 Å². The standard InChI is InChI=1S/C26H20N2O5/c1-15-13-20(33-2)11-12-21(15)24(30)22-23(17-5-9-19(29)10-6-17)28(26(32)25(22)31)18-7-3-16(14-27)4-8-18/h3-13,23,29-30H,1-2H3/b24-22-. The zero-order chi connectivity index (χ0) is 23.7. The van der Waals surface area contributed by atoms with Crippen molar-refractivity contribution in [1.29, 1.82) is 5.26 Å². The van der Waals surface area contributed by atoms with Crippen molar-refractivity contribution < 1.29 is 24.5 Å². The lowest BCUT2D eigenvalue weighted by Crippen LogP contribution is -2.29. The van der Waals surface area contributed by atoms with Gasteiger partial charge in [-0.05, 0) is 72.6 Å². The van der Waals surface area contributed by atoms with Crippen molar-refractivity contribution in [1.82, 2.24) is 0 Å². The quantitative estimate of drug-likeness (QED) is 0.357. The van der Waals surface area contributed by atoms with Crippen LogP contribution in [-0.2, 0) is 9.59 Å². The number of nitriles is 1. The zero-order valence-corrected chi connectivity index (χ0v) is 17.9. The minimum Gasteiger partial charge on any atom is -0.508 e. The topological polar surface area (TPSA) is 111 Å². The second-order valence-electron chi connectivity index (χ2n) is 7.60. The van der Waals surface area contributed by atoms with Gasteiger partial charge >= 0.3 is 0 Å². The molecule has 1 amide bonds. The first kappa shape index (κ1) is 21.7. The molecule has 0 saturated carbocycles. The number of aryl methyl sites for hydroxylation is 1. The third-order valence-electron chi connectivity index (χ3n) is 5.62. The van der Waals surface area contributed by atoms with Crippen LogP contribution in [0.2, 0.25) is 0 Å². The molecule has 1 unspecified atom stereocenters. The van der Waals surface area contributed by atoms with Crippen molar-refractivity contribution in [2.75, 3.05) is 12.0 Å². The van der Waals surface area contributed by atoms with E-state index in [1.54, 1.807) is 61.5 Å². The molecule has 1 heterocycles. The van der Waals surface area contributed by atoms with E-state index in [0.717, 1.165) is 0 Å². The molecule has 0 spiro atoms. The number of phenols is 1. The van der Waals surface area contributed by atoms with Gasteiger partial charge in [-0.3, -0.25) is 14.5 Å². The molecule has 164 valence electrons. The van der Waals surface area contributed by atoms with Crippen LogP contribution in [0.1, 0.15) is 28.3 Å². The molecule has 0 aromatic heterocycles. The number of methoxy groups -OCH3 is 1. The molecule has 4 rings (SSSR count). The third-order valence-corrected chi connectivity index (χ3v) is 5.62. The van der Waals surface area contributed by atoms with E-state index >= 15 is 0 Å². The number of rotatable bonds is 4. The maximum Gasteiger partial charge on any atom is 0.300 e. The average Bonchev–Trinajstić information content (AvgIpc) is 3.09. The molecule has 1 aliphatic rings. The minimum atomic E-state index is -0.931. The van der Waals surface area contributed by atoms with E-state index < -0.39 is 17.7 Å². The van der Waals surface area contributed by atoms with E-state index in [2.05, 4.69) is 0 Å². The van der Waals surface area contributed by atoms with Crippen LogP contribution in [0.4, 0.5) is 5.69 Å². The molecule has 2 N–H and O–H groups in total. The molecule has 1 fully saturated rings. The summed E-state index contributed by atoms with van der Waals surface area (Å²) < 4.78 is 5.22. The van der Waals surface area contributed by atoms with Crippen molar-refractivity contribution in [3.63, 3.8) is 0 Å². The van der Waals surface area contributed by atoms with Crippen LogP contribution in [0, 0.1) is 18.3 Å². The number of benzene rings is 3. The van der Waals surface area contributed by atoms with E-state index in [-0.39, 0.29) is 17.1 Å². The number of ketones is 1. The number of aromatic hydroxyl groups is 1. The highest BCUT2D eigenvalue weighted by Crippen LogP contribution is 2.43. The normalized spacial score (nSPS) is 17.1. The minimum absolute atomic E-state index is 0.0278. The number of hydrogen-bond acceptors (Lipinski definition) is 6. The van der Waals surface area contributed by atoms with E-state index in [1.807, 2.05) is 6.07 Å². The number of carbonyl (C=O) groups is 2. The largest absolute Gasteiger partial charge is 0.508 e. The molecule has 1 atom stereocenters. The van der Waals surface area contributed by atoms with Gasteiger partial charge in [-0.1, -0.05) is 12.1 Å². The number of nitrogens with zero attached hydrogens (tertiary/aromatic N) is 2. The Morgan fingerprint density at radius 2 is 1.70 bits per heavy atom.